The molecule has 1 heterocycles. The molecule has 1 aliphatic heterocycles. The summed E-state index contributed by atoms with van der Waals surface area (Å²) >= 11 is 0. The molecule has 0 amide bonds. The van der Waals surface area contributed by atoms with Crippen LogP contribution in [0.3, 0.4) is 0 Å². The number of aliphatic hydroxyl groups is 1. The summed E-state index contributed by atoms with van der Waals surface area (Å²) in [7, 11) is 3.02. The summed E-state index contributed by atoms with van der Waals surface area (Å²) < 4.78 is 28.4. The van der Waals surface area contributed by atoms with E-state index in [0.717, 1.165) is 11.1 Å². The summed E-state index contributed by atoms with van der Waals surface area (Å²) in [6.07, 6.45) is -2.01. The Morgan fingerprint density at radius 1 is 0.929 bits per heavy atom. The molecule has 0 saturated carbocycles. The summed E-state index contributed by atoms with van der Waals surface area (Å²) in [6, 6.07) is 19.7. The van der Waals surface area contributed by atoms with Crippen molar-refractivity contribution < 1.29 is 28.8 Å². The van der Waals surface area contributed by atoms with Gasteiger partial charge in [-0.25, -0.2) is 0 Å². The van der Waals surface area contributed by atoms with Crippen LogP contribution in [0.15, 0.2) is 60.7 Å². The topological polar surface area (TPSA) is 66.4 Å². The van der Waals surface area contributed by atoms with Crippen LogP contribution in [0.5, 0.6) is 0 Å². The first kappa shape index (κ1) is 20.9. The Hall–Kier alpha value is -1.80. The third-order valence-corrected chi connectivity index (χ3v) is 4.79. The molecule has 0 unspecified atom stereocenters. The molecule has 28 heavy (non-hydrogen) atoms. The van der Waals surface area contributed by atoms with Gasteiger partial charge in [-0.2, -0.15) is 0 Å². The third-order valence-electron chi connectivity index (χ3n) is 4.79. The first-order chi connectivity index (χ1) is 13.7. The van der Waals surface area contributed by atoms with E-state index in [1.807, 2.05) is 60.7 Å². The van der Waals surface area contributed by atoms with E-state index in [9.17, 15) is 5.11 Å². The standard InChI is InChI=1S/C22H28O6/c1-24-16-22(23)20(27-14-18-11-7-4-8-12-18)19(28-21(22)25-2)15-26-13-17-9-5-3-6-10-17/h3-12,19-21,23H,13-16H2,1-2H3/t19-,20-,21+,22-/m1/s1. The van der Waals surface area contributed by atoms with E-state index in [1.165, 1.54) is 14.2 Å². The molecule has 152 valence electrons. The fourth-order valence-electron chi connectivity index (χ4n) is 3.45. The molecule has 1 aliphatic rings. The van der Waals surface area contributed by atoms with Gasteiger partial charge in [-0.1, -0.05) is 60.7 Å². The molecule has 0 aliphatic carbocycles. The lowest BCUT2D eigenvalue weighted by Crippen LogP contribution is -2.54. The number of rotatable bonds is 10. The Kier molecular flexibility index (Phi) is 7.56. The van der Waals surface area contributed by atoms with E-state index in [1.54, 1.807) is 0 Å². The van der Waals surface area contributed by atoms with Gasteiger partial charge in [0.25, 0.3) is 0 Å². The minimum Gasteiger partial charge on any atom is -0.381 e. The Balaban J connectivity index is 1.68. The maximum atomic E-state index is 11.2. The lowest BCUT2D eigenvalue weighted by atomic mass is 9.95. The fourth-order valence-corrected chi connectivity index (χ4v) is 3.45. The number of ether oxygens (including phenoxy) is 5. The van der Waals surface area contributed by atoms with Crippen LogP contribution in [0.25, 0.3) is 0 Å². The summed E-state index contributed by atoms with van der Waals surface area (Å²) in [5, 5.41) is 11.2. The summed E-state index contributed by atoms with van der Waals surface area (Å²) in [6.45, 7) is 1.08. The quantitative estimate of drug-likeness (QED) is 0.675. The normalized spacial score (nSPS) is 27.2. The molecule has 6 heteroatoms. The molecule has 1 N–H and O–H groups in total. The number of methoxy groups -OCH3 is 2. The van der Waals surface area contributed by atoms with E-state index >= 15 is 0 Å². The van der Waals surface area contributed by atoms with E-state index in [2.05, 4.69) is 0 Å². The number of benzene rings is 2. The van der Waals surface area contributed by atoms with Crippen LogP contribution in [-0.2, 0) is 36.9 Å². The van der Waals surface area contributed by atoms with Crippen LogP contribution in [0, 0.1) is 0 Å². The summed E-state index contributed by atoms with van der Waals surface area (Å²) in [5.41, 5.74) is 0.642. The fraction of sp³-hybridized carbons (Fsp3) is 0.455. The highest BCUT2D eigenvalue weighted by Gasteiger charge is 2.57. The molecule has 2 aromatic rings. The van der Waals surface area contributed by atoms with Crippen molar-refractivity contribution in [2.45, 2.75) is 37.3 Å². The number of hydrogen-bond acceptors (Lipinski definition) is 6. The van der Waals surface area contributed by atoms with Gasteiger partial charge in [0.15, 0.2) is 11.9 Å². The van der Waals surface area contributed by atoms with Gasteiger partial charge < -0.3 is 28.8 Å². The zero-order valence-corrected chi connectivity index (χ0v) is 16.3. The zero-order valence-electron chi connectivity index (χ0n) is 16.3. The first-order valence-corrected chi connectivity index (χ1v) is 9.34. The molecule has 4 atom stereocenters. The summed E-state index contributed by atoms with van der Waals surface area (Å²) in [4.78, 5) is 0. The Morgan fingerprint density at radius 2 is 1.54 bits per heavy atom. The van der Waals surface area contributed by atoms with Crippen molar-refractivity contribution in [1.82, 2.24) is 0 Å². The Morgan fingerprint density at radius 3 is 2.11 bits per heavy atom. The Bertz CT molecular complexity index is 695. The molecule has 1 saturated heterocycles. The maximum Gasteiger partial charge on any atom is 0.191 e. The predicted molar refractivity (Wildman–Crippen MR) is 104 cm³/mol. The lowest BCUT2D eigenvalue weighted by molar-refractivity contribution is -0.213. The Labute approximate surface area is 165 Å². The van der Waals surface area contributed by atoms with Gasteiger partial charge in [0.2, 0.25) is 0 Å². The van der Waals surface area contributed by atoms with Crippen molar-refractivity contribution in [3.05, 3.63) is 71.8 Å². The van der Waals surface area contributed by atoms with Crippen molar-refractivity contribution in [3.8, 4) is 0 Å². The molecule has 0 bridgehead atoms. The second-order valence-corrected chi connectivity index (χ2v) is 6.88. The second kappa shape index (κ2) is 10.1. The highest BCUT2D eigenvalue weighted by Crippen LogP contribution is 2.35. The molecule has 0 aromatic heterocycles. The van der Waals surface area contributed by atoms with Gasteiger partial charge in [0.1, 0.15) is 12.2 Å². The molecular weight excluding hydrogens is 360 g/mol. The maximum absolute atomic E-state index is 11.2. The van der Waals surface area contributed by atoms with Gasteiger partial charge >= 0.3 is 0 Å². The molecular formula is C22H28O6. The van der Waals surface area contributed by atoms with Crippen LogP contribution >= 0.6 is 0 Å². The molecule has 1 fully saturated rings. The minimum atomic E-state index is -1.43. The number of hydrogen-bond donors (Lipinski definition) is 1. The van der Waals surface area contributed by atoms with Crippen LogP contribution in [0.2, 0.25) is 0 Å². The second-order valence-electron chi connectivity index (χ2n) is 6.88. The van der Waals surface area contributed by atoms with Crippen molar-refractivity contribution >= 4 is 0 Å². The van der Waals surface area contributed by atoms with Gasteiger partial charge in [0.05, 0.1) is 26.4 Å². The minimum absolute atomic E-state index is 0.0279. The van der Waals surface area contributed by atoms with Gasteiger partial charge in [-0.3, -0.25) is 0 Å². The van der Waals surface area contributed by atoms with Crippen LogP contribution in [0.4, 0.5) is 0 Å². The van der Waals surface area contributed by atoms with E-state index in [-0.39, 0.29) is 13.2 Å². The highest BCUT2D eigenvalue weighted by atomic mass is 16.7. The molecule has 2 aromatic carbocycles. The molecule has 6 nitrogen and oxygen atoms in total. The first-order valence-electron chi connectivity index (χ1n) is 9.34. The molecule has 0 spiro atoms. The van der Waals surface area contributed by atoms with Crippen LogP contribution < -0.4 is 0 Å². The average Bonchev–Trinajstić information content (AvgIpc) is 2.99. The van der Waals surface area contributed by atoms with Gasteiger partial charge in [-0.05, 0) is 11.1 Å². The zero-order chi connectivity index (χ0) is 19.8. The SMILES string of the molecule is COC[C@]1(O)[C@@H](OC)O[C@H](COCc2ccccc2)[C@H]1OCc1ccccc1. The predicted octanol–water partition coefficient (Wildman–Crippen LogP) is 2.54. The van der Waals surface area contributed by atoms with E-state index in [4.69, 9.17) is 23.7 Å². The van der Waals surface area contributed by atoms with E-state index < -0.39 is 24.1 Å². The molecule has 0 radical (unpaired) electrons. The largest absolute Gasteiger partial charge is 0.381 e. The average molecular weight is 388 g/mol. The lowest BCUT2D eigenvalue weighted by Gasteiger charge is -2.32. The van der Waals surface area contributed by atoms with Crippen molar-refractivity contribution in [2.24, 2.45) is 0 Å². The van der Waals surface area contributed by atoms with Crippen LogP contribution in [-0.4, -0.2) is 56.6 Å². The third kappa shape index (κ3) is 4.97. The van der Waals surface area contributed by atoms with Crippen molar-refractivity contribution in [1.29, 1.82) is 0 Å². The highest BCUT2D eigenvalue weighted by molar-refractivity contribution is 5.14. The summed E-state index contributed by atoms with van der Waals surface area (Å²) in [5.74, 6) is 0. The monoisotopic (exact) mass is 388 g/mol. The van der Waals surface area contributed by atoms with E-state index in [0.29, 0.717) is 13.2 Å². The van der Waals surface area contributed by atoms with Crippen molar-refractivity contribution in [3.63, 3.8) is 0 Å². The van der Waals surface area contributed by atoms with Gasteiger partial charge in [0, 0.05) is 14.2 Å². The smallest absolute Gasteiger partial charge is 0.191 e. The van der Waals surface area contributed by atoms with Gasteiger partial charge in [-0.15, -0.1) is 0 Å². The molecule has 3 rings (SSSR count). The van der Waals surface area contributed by atoms with Crippen LogP contribution in [0.1, 0.15) is 11.1 Å². The van der Waals surface area contributed by atoms with Crippen molar-refractivity contribution in [2.75, 3.05) is 27.4 Å².